The highest BCUT2D eigenvalue weighted by atomic mass is 32.2. The first kappa shape index (κ1) is 16.5. The van der Waals surface area contributed by atoms with Gasteiger partial charge in [0.05, 0.1) is 0 Å². The molecule has 3 nitrogen and oxygen atoms in total. The number of benzene rings is 2. The Morgan fingerprint density at radius 2 is 1.92 bits per heavy atom. The van der Waals surface area contributed by atoms with Gasteiger partial charge in [0.1, 0.15) is 0 Å². The van der Waals surface area contributed by atoms with Crippen LogP contribution in [0.2, 0.25) is 0 Å². The van der Waals surface area contributed by atoms with E-state index in [1.54, 1.807) is 11.8 Å². The number of aromatic nitrogens is 3. The predicted molar refractivity (Wildman–Crippen MR) is 101 cm³/mol. The Hall–Kier alpha value is -2.33. The first-order valence-corrected chi connectivity index (χ1v) is 8.96. The summed E-state index contributed by atoms with van der Waals surface area (Å²) in [6.45, 7) is 8.79. The van der Waals surface area contributed by atoms with Crippen LogP contribution in [0.15, 0.2) is 66.3 Å². The van der Waals surface area contributed by atoms with Gasteiger partial charge in [-0.15, -0.1) is 16.8 Å². The molecule has 0 radical (unpaired) electrons. The van der Waals surface area contributed by atoms with E-state index in [4.69, 9.17) is 0 Å². The Bertz CT molecular complexity index is 852. The third-order valence-electron chi connectivity index (χ3n) is 3.86. The van der Waals surface area contributed by atoms with E-state index in [0.29, 0.717) is 6.54 Å². The van der Waals surface area contributed by atoms with Gasteiger partial charge in [0, 0.05) is 17.9 Å². The average Bonchev–Trinajstić information content (AvgIpc) is 2.97. The molecule has 3 rings (SSSR count). The van der Waals surface area contributed by atoms with E-state index in [0.717, 1.165) is 22.3 Å². The molecule has 0 saturated heterocycles. The molecule has 0 aliphatic rings. The molecule has 3 aromatic rings. The molecule has 0 atom stereocenters. The number of thioether (sulfide) groups is 1. The summed E-state index contributed by atoms with van der Waals surface area (Å²) in [6.07, 6.45) is 1.89. The summed E-state index contributed by atoms with van der Waals surface area (Å²) in [6, 6.07) is 16.8. The summed E-state index contributed by atoms with van der Waals surface area (Å²) in [4.78, 5) is 0. The van der Waals surface area contributed by atoms with E-state index in [2.05, 4.69) is 71.6 Å². The van der Waals surface area contributed by atoms with Gasteiger partial charge in [-0.2, -0.15) is 0 Å². The number of nitrogens with zero attached hydrogens (tertiary/aromatic N) is 3. The van der Waals surface area contributed by atoms with E-state index < -0.39 is 0 Å². The van der Waals surface area contributed by atoms with Gasteiger partial charge in [0.2, 0.25) is 0 Å². The molecule has 0 amide bonds. The van der Waals surface area contributed by atoms with Crippen molar-refractivity contribution in [1.82, 2.24) is 14.8 Å². The normalized spacial score (nSPS) is 10.8. The third-order valence-corrected chi connectivity index (χ3v) is 4.90. The monoisotopic (exact) mass is 335 g/mol. The Kier molecular flexibility index (Phi) is 5.16. The van der Waals surface area contributed by atoms with Crippen molar-refractivity contribution in [3.63, 3.8) is 0 Å². The van der Waals surface area contributed by atoms with Gasteiger partial charge in [0.15, 0.2) is 11.0 Å². The Balaban J connectivity index is 1.89. The van der Waals surface area contributed by atoms with Crippen molar-refractivity contribution in [2.45, 2.75) is 31.3 Å². The summed E-state index contributed by atoms with van der Waals surface area (Å²) in [7, 11) is 0. The SMILES string of the molecule is C=CCn1c(SCc2cccc(C)c2)nnc1-c1ccccc1C. The predicted octanol–water partition coefficient (Wildman–Crippen LogP) is 5.04. The summed E-state index contributed by atoms with van der Waals surface area (Å²) < 4.78 is 2.13. The van der Waals surface area contributed by atoms with Crippen LogP contribution in [0.1, 0.15) is 16.7 Å². The lowest BCUT2D eigenvalue weighted by Crippen LogP contribution is -2.01. The van der Waals surface area contributed by atoms with E-state index in [1.807, 2.05) is 18.2 Å². The van der Waals surface area contributed by atoms with Gasteiger partial charge in [-0.25, -0.2) is 0 Å². The van der Waals surface area contributed by atoms with Crippen molar-refractivity contribution >= 4 is 11.8 Å². The summed E-state index contributed by atoms with van der Waals surface area (Å²) in [5.74, 6) is 1.78. The van der Waals surface area contributed by atoms with Crippen molar-refractivity contribution in [2.24, 2.45) is 0 Å². The number of hydrogen-bond donors (Lipinski definition) is 0. The molecular weight excluding hydrogens is 314 g/mol. The minimum absolute atomic E-state index is 0.701. The van der Waals surface area contributed by atoms with E-state index in [1.165, 1.54) is 16.7 Å². The second-order valence-electron chi connectivity index (χ2n) is 5.80. The van der Waals surface area contributed by atoms with Crippen LogP contribution in [0.5, 0.6) is 0 Å². The molecule has 0 spiro atoms. The fourth-order valence-corrected chi connectivity index (χ4v) is 3.55. The lowest BCUT2D eigenvalue weighted by molar-refractivity contribution is 0.731. The molecule has 4 heteroatoms. The van der Waals surface area contributed by atoms with E-state index >= 15 is 0 Å². The second-order valence-corrected chi connectivity index (χ2v) is 6.74. The number of aryl methyl sites for hydroxylation is 2. The molecule has 24 heavy (non-hydrogen) atoms. The van der Waals surface area contributed by atoms with E-state index in [9.17, 15) is 0 Å². The van der Waals surface area contributed by atoms with Gasteiger partial charge >= 0.3 is 0 Å². The van der Waals surface area contributed by atoms with Crippen LogP contribution in [0.4, 0.5) is 0 Å². The van der Waals surface area contributed by atoms with Crippen LogP contribution in [0.25, 0.3) is 11.4 Å². The zero-order chi connectivity index (χ0) is 16.9. The highest BCUT2D eigenvalue weighted by Crippen LogP contribution is 2.28. The minimum atomic E-state index is 0.701. The van der Waals surface area contributed by atoms with Crippen molar-refractivity contribution in [1.29, 1.82) is 0 Å². The highest BCUT2D eigenvalue weighted by Gasteiger charge is 2.14. The van der Waals surface area contributed by atoms with Crippen molar-refractivity contribution in [3.05, 3.63) is 77.9 Å². The molecule has 0 aliphatic heterocycles. The third kappa shape index (κ3) is 3.60. The number of allylic oxidation sites excluding steroid dienone is 1. The van der Waals surface area contributed by atoms with E-state index in [-0.39, 0.29) is 0 Å². The second kappa shape index (κ2) is 7.49. The Labute approximate surface area is 147 Å². The Morgan fingerprint density at radius 1 is 1.08 bits per heavy atom. The smallest absolute Gasteiger partial charge is 0.192 e. The first-order chi connectivity index (χ1) is 11.7. The number of rotatable bonds is 6. The van der Waals surface area contributed by atoms with Gasteiger partial charge in [-0.3, -0.25) is 4.57 Å². The molecule has 122 valence electrons. The number of hydrogen-bond acceptors (Lipinski definition) is 3. The maximum atomic E-state index is 4.44. The van der Waals surface area contributed by atoms with Gasteiger partial charge < -0.3 is 0 Å². The molecule has 0 unspecified atom stereocenters. The first-order valence-electron chi connectivity index (χ1n) is 7.97. The van der Waals surface area contributed by atoms with Crippen LogP contribution in [0, 0.1) is 13.8 Å². The molecule has 0 aliphatic carbocycles. The fourth-order valence-electron chi connectivity index (χ4n) is 2.66. The molecular formula is C20H21N3S. The van der Waals surface area contributed by atoms with Crippen molar-refractivity contribution < 1.29 is 0 Å². The fraction of sp³-hybridized carbons (Fsp3) is 0.200. The van der Waals surface area contributed by atoms with Crippen LogP contribution in [-0.4, -0.2) is 14.8 Å². The summed E-state index contributed by atoms with van der Waals surface area (Å²) >= 11 is 1.71. The maximum absolute atomic E-state index is 4.44. The molecule has 0 saturated carbocycles. The largest absolute Gasteiger partial charge is 0.298 e. The molecule has 0 fully saturated rings. The van der Waals surface area contributed by atoms with Gasteiger partial charge in [0.25, 0.3) is 0 Å². The maximum Gasteiger partial charge on any atom is 0.192 e. The molecule has 1 heterocycles. The summed E-state index contributed by atoms with van der Waals surface area (Å²) in [5.41, 5.74) is 4.89. The van der Waals surface area contributed by atoms with Crippen molar-refractivity contribution in [3.8, 4) is 11.4 Å². The van der Waals surface area contributed by atoms with Crippen LogP contribution in [-0.2, 0) is 12.3 Å². The van der Waals surface area contributed by atoms with Crippen LogP contribution >= 0.6 is 11.8 Å². The zero-order valence-corrected chi connectivity index (χ0v) is 14.9. The lowest BCUT2D eigenvalue weighted by atomic mass is 10.1. The Morgan fingerprint density at radius 3 is 2.67 bits per heavy atom. The summed E-state index contributed by atoms with van der Waals surface area (Å²) in [5, 5.41) is 9.78. The van der Waals surface area contributed by atoms with Crippen molar-refractivity contribution in [2.75, 3.05) is 0 Å². The average molecular weight is 335 g/mol. The minimum Gasteiger partial charge on any atom is -0.298 e. The standard InChI is InChI=1S/C20H21N3S/c1-4-12-23-19(18-11-6-5-9-16(18)3)21-22-20(23)24-14-17-10-7-8-15(2)13-17/h4-11,13H,1,12,14H2,2-3H3. The van der Waals surface area contributed by atoms with Crippen LogP contribution in [0.3, 0.4) is 0 Å². The molecule has 2 aromatic carbocycles. The molecule has 0 N–H and O–H groups in total. The molecule has 0 bridgehead atoms. The molecule has 1 aromatic heterocycles. The van der Waals surface area contributed by atoms with Crippen LogP contribution < -0.4 is 0 Å². The highest BCUT2D eigenvalue weighted by molar-refractivity contribution is 7.98. The zero-order valence-electron chi connectivity index (χ0n) is 14.1. The topological polar surface area (TPSA) is 30.7 Å². The lowest BCUT2D eigenvalue weighted by Gasteiger charge is -2.09. The van der Waals surface area contributed by atoms with Gasteiger partial charge in [-0.05, 0) is 25.0 Å². The quantitative estimate of drug-likeness (QED) is 0.467. The van der Waals surface area contributed by atoms with Gasteiger partial charge in [-0.1, -0.05) is 71.9 Å².